The van der Waals surface area contributed by atoms with E-state index in [1.165, 1.54) is 23.1 Å². The van der Waals surface area contributed by atoms with Crippen molar-refractivity contribution in [1.29, 1.82) is 0 Å². The quantitative estimate of drug-likeness (QED) is 0.258. The van der Waals surface area contributed by atoms with Gasteiger partial charge < -0.3 is 14.5 Å². The van der Waals surface area contributed by atoms with Crippen molar-refractivity contribution in [3.8, 4) is 5.75 Å². The molecule has 1 aliphatic heterocycles. The lowest BCUT2D eigenvalue weighted by molar-refractivity contribution is -0.113. The number of aryl methyl sites for hydroxylation is 2. The van der Waals surface area contributed by atoms with Crippen molar-refractivity contribution >= 4 is 40.8 Å². The number of thiazole rings is 1. The number of ether oxygens (including phenoxy) is 1. The molecule has 0 unspecified atom stereocenters. The number of fused-ring (bicyclic) bond motifs is 1. The second kappa shape index (κ2) is 11.9. The lowest BCUT2D eigenvalue weighted by atomic mass is 9.95. The smallest absolute Gasteiger partial charge is 0.271 e. The Morgan fingerprint density at radius 1 is 1.02 bits per heavy atom. The van der Waals surface area contributed by atoms with Gasteiger partial charge >= 0.3 is 0 Å². The van der Waals surface area contributed by atoms with Crippen molar-refractivity contribution in [2.75, 3.05) is 12.4 Å². The van der Waals surface area contributed by atoms with Gasteiger partial charge in [-0.3, -0.25) is 14.2 Å². The Hall–Kier alpha value is -4.74. The molecule has 0 aliphatic carbocycles. The molecule has 216 valence electrons. The molecule has 1 aliphatic rings. The molecule has 0 spiro atoms. The molecule has 11 heteroatoms. The second-order valence-electron chi connectivity index (χ2n) is 9.87. The monoisotopic (exact) mass is 609 g/mol. The summed E-state index contributed by atoms with van der Waals surface area (Å²) in [4.78, 5) is 41.8. The lowest BCUT2D eigenvalue weighted by Crippen LogP contribution is -2.40. The van der Waals surface area contributed by atoms with Crippen LogP contribution in [0.25, 0.3) is 6.08 Å². The van der Waals surface area contributed by atoms with E-state index in [4.69, 9.17) is 14.1 Å². The molecule has 2 aromatic carbocycles. The van der Waals surface area contributed by atoms with Gasteiger partial charge in [0.1, 0.15) is 11.5 Å². The zero-order valence-corrected chi connectivity index (χ0v) is 25.5. The Kier molecular flexibility index (Phi) is 7.83. The van der Waals surface area contributed by atoms with Gasteiger partial charge in [0.25, 0.3) is 11.5 Å². The molecule has 0 saturated heterocycles. The van der Waals surface area contributed by atoms with Crippen LogP contribution in [-0.4, -0.2) is 27.6 Å². The molecular formula is C32H27N5O4S2. The fourth-order valence-corrected chi connectivity index (χ4v) is 6.74. The predicted octanol–water partition coefficient (Wildman–Crippen LogP) is 5.03. The van der Waals surface area contributed by atoms with Gasteiger partial charge in [0.05, 0.1) is 29.0 Å². The summed E-state index contributed by atoms with van der Waals surface area (Å²) in [7, 11) is 1.58. The first-order chi connectivity index (χ1) is 20.8. The van der Waals surface area contributed by atoms with Gasteiger partial charge in [0.15, 0.2) is 15.1 Å². The highest BCUT2D eigenvalue weighted by atomic mass is 32.2. The number of carbonyl (C=O) groups excluding carboxylic acids is 1. The Morgan fingerprint density at radius 3 is 2.53 bits per heavy atom. The summed E-state index contributed by atoms with van der Waals surface area (Å²) in [6.45, 7) is 5.63. The third-order valence-corrected chi connectivity index (χ3v) is 8.51. The van der Waals surface area contributed by atoms with Crippen LogP contribution in [0.1, 0.15) is 35.7 Å². The van der Waals surface area contributed by atoms with Gasteiger partial charge in [-0.25, -0.2) is 15.0 Å². The Bertz CT molecular complexity index is 2040. The van der Waals surface area contributed by atoms with E-state index in [9.17, 15) is 9.59 Å². The number of aromatic nitrogens is 3. The van der Waals surface area contributed by atoms with Crippen molar-refractivity contribution in [2.45, 2.75) is 37.1 Å². The number of rotatable bonds is 7. The van der Waals surface area contributed by atoms with Crippen molar-refractivity contribution in [3.63, 3.8) is 0 Å². The Morgan fingerprint density at radius 2 is 1.79 bits per heavy atom. The number of para-hydroxylation sites is 1. The van der Waals surface area contributed by atoms with E-state index in [0.29, 0.717) is 48.0 Å². The predicted molar refractivity (Wildman–Crippen MR) is 166 cm³/mol. The number of amides is 1. The van der Waals surface area contributed by atoms with Crippen molar-refractivity contribution in [3.05, 3.63) is 126 Å². The highest BCUT2D eigenvalue weighted by Gasteiger charge is 2.32. The van der Waals surface area contributed by atoms with Crippen LogP contribution in [-0.2, 0) is 4.79 Å². The van der Waals surface area contributed by atoms with E-state index in [1.54, 1.807) is 30.7 Å². The number of benzene rings is 2. The van der Waals surface area contributed by atoms with E-state index in [0.717, 1.165) is 17.0 Å². The van der Waals surface area contributed by atoms with E-state index < -0.39 is 6.04 Å². The summed E-state index contributed by atoms with van der Waals surface area (Å²) >= 11 is 2.56. The third kappa shape index (κ3) is 5.95. The second-order valence-corrected chi connectivity index (χ2v) is 11.9. The summed E-state index contributed by atoms with van der Waals surface area (Å²) in [5, 5.41) is 4.16. The normalized spacial score (nSPS) is 14.8. The van der Waals surface area contributed by atoms with Crippen molar-refractivity contribution in [2.24, 2.45) is 4.99 Å². The SMILES string of the molecule is COc1cccc([C@@H]2C(C(=O)Nc3ccccc3)=C(C)N=c3s/c(=C/c4ccc(Sc5nc(C)cc(C)n5)o4)c(=O)n32)c1. The number of nitrogens with one attached hydrogen (secondary N) is 1. The standard InChI is InChI=1S/C32H27N5O4S2/c1-18-15-19(2)34-31(33-18)43-26-14-13-24(41-26)17-25-30(39)37-28(21-9-8-12-23(16-21)40-4)27(20(3)35-32(37)42-25)29(38)36-22-10-6-5-7-11-22/h5-17,28H,1-4H3,(H,36,38)/b25-17+/t28-/m1/s1. The van der Waals surface area contributed by atoms with Crippen LogP contribution in [0, 0.1) is 13.8 Å². The lowest BCUT2D eigenvalue weighted by Gasteiger charge is -2.25. The number of furan rings is 1. The minimum absolute atomic E-state index is 0.280. The molecule has 0 fully saturated rings. The molecule has 5 aromatic rings. The van der Waals surface area contributed by atoms with Crippen LogP contribution in [0.3, 0.4) is 0 Å². The number of allylic oxidation sites excluding steroid dienone is 1. The number of anilines is 1. The van der Waals surface area contributed by atoms with Gasteiger partial charge in [-0.05, 0) is 80.6 Å². The first kappa shape index (κ1) is 28.4. The van der Waals surface area contributed by atoms with E-state index in [1.807, 2.05) is 80.6 Å². The first-order valence-electron chi connectivity index (χ1n) is 13.4. The maximum atomic E-state index is 14.0. The third-order valence-electron chi connectivity index (χ3n) is 6.74. The van der Waals surface area contributed by atoms with E-state index in [2.05, 4.69) is 15.3 Å². The average molecular weight is 610 g/mol. The van der Waals surface area contributed by atoms with Crippen LogP contribution in [0.2, 0.25) is 0 Å². The van der Waals surface area contributed by atoms with Crippen LogP contribution in [0.15, 0.2) is 109 Å². The maximum Gasteiger partial charge on any atom is 0.271 e. The zero-order chi connectivity index (χ0) is 30.1. The highest BCUT2D eigenvalue weighted by Crippen LogP contribution is 2.32. The van der Waals surface area contributed by atoms with Gasteiger partial charge in [-0.2, -0.15) is 0 Å². The van der Waals surface area contributed by atoms with Crippen molar-refractivity contribution in [1.82, 2.24) is 14.5 Å². The molecule has 0 saturated carbocycles. The topological polar surface area (TPSA) is 112 Å². The number of hydrogen-bond acceptors (Lipinski definition) is 9. The van der Waals surface area contributed by atoms with Crippen LogP contribution in [0.4, 0.5) is 5.69 Å². The van der Waals surface area contributed by atoms with Crippen LogP contribution in [0.5, 0.6) is 5.75 Å². The Labute approximate surface area is 255 Å². The van der Waals surface area contributed by atoms with E-state index in [-0.39, 0.29) is 11.5 Å². The molecule has 9 nitrogen and oxygen atoms in total. The minimum atomic E-state index is -0.721. The molecule has 1 N–H and O–H groups in total. The molecular weight excluding hydrogens is 583 g/mol. The Balaban J connectivity index is 1.41. The van der Waals surface area contributed by atoms with Gasteiger partial charge in [-0.15, -0.1) is 0 Å². The number of carbonyl (C=O) groups is 1. The minimum Gasteiger partial charge on any atom is -0.497 e. The average Bonchev–Trinajstić information content (AvgIpc) is 3.55. The van der Waals surface area contributed by atoms with Crippen LogP contribution >= 0.6 is 23.1 Å². The molecule has 0 radical (unpaired) electrons. The van der Waals surface area contributed by atoms with Gasteiger partial charge in [0.2, 0.25) is 0 Å². The number of hydrogen-bond donors (Lipinski definition) is 1. The van der Waals surface area contributed by atoms with Crippen LogP contribution < -0.4 is 24.9 Å². The maximum absolute atomic E-state index is 14.0. The van der Waals surface area contributed by atoms with Crippen molar-refractivity contribution < 1.29 is 13.9 Å². The fourth-order valence-electron chi connectivity index (χ4n) is 4.88. The summed E-state index contributed by atoms with van der Waals surface area (Å²) in [6.07, 6.45) is 1.70. The fraction of sp³-hybridized carbons (Fsp3) is 0.156. The molecule has 3 aromatic heterocycles. The van der Waals surface area contributed by atoms with Gasteiger partial charge in [0, 0.05) is 23.2 Å². The molecule has 4 heterocycles. The summed E-state index contributed by atoms with van der Waals surface area (Å²) in [5.41, 5.74) is 3.75. The molecule has 43 heavy (non-hydrogen) atoms. The molecule has 6 rings (SSSR count). The molecule has 0 bridgehead atoms. The van der Waals surface area contributed by atoms with E-state index >= 15 is 0 Å². The van der Waals surface area contributed by atoms with Gasteiger partial charge in [-0.1, -0.05) is 41.7 Å². The zero-order valence-electron chi connectivity index (χ0n) is 23.8. The number of nitrogens with zero attached hydrogens (tertiary/aromatic N) is 4. The summed E-state index contributed by atoms with van der Waals surface area (Å²) < 4.78 is 13.5. The molecule has 1 amide bonds. The summed E-state index contributed by atoms with van der Waals surface area (Å²) in [6, 6.07) is 21.4. The highest BCUT2D eigenvalue weighted by molar-refractivity contribution is 7.99. The molecule has 1 atom stereocenters. The first-order valence-corrected chi connectivity index (χ1v) is 15.1. The largest absolute Gasteiger partial charge is 0.497 e. The summed E-state index contributed by atoms with van der Waals surface area (Å²) in [5.74, 6) is 0.786. The number of methoxy groups -OCH3 is 1.